The Morgan fingerprint density at radius 1 is 1.39 bits per heavy atom. The van der Waals surface area contributed by atoms with Crippen LogP contribution in [0.4, 0.5) is 4.39 Å². The Morgan fingerprint density at radius 3 is 2.72 bits per heavy atom. The Labute approximate surface area is 107 Å². The molecule has 18 heavy (non-hydrogen) atoms. The molecule has 1 saturated heterocycles. The van der Waals surface area contributed by atoms with Crippen molar-refractivity contribution in [1.82, 2.24) is 10.6 Å². The van der Waals surface area contributed by atoms with Crippen LogP contribution >= 0.6 is 0 Å². The lowest BCUT2D eigenvalue weighted by molar-refractivity contribution is -0.125. The minimum Gasteiger partial charge on any atom is -0.355 e. The first-order chi connectivity index (χ1) is 8.66. The Kier molecular flexibility index (Phi) is 4.31. The van der Waals surface area contributed by atoms with Crippen molar-refractivity contribution in [3.05, 3.63) is 35.6 Å². The maximum Gasteiger partial charge on any atom is 0.224 e. The zero-order valence-corrected chi connectivity index (χ0v) is 10.6. The van der Waals surface area contributed by atoms with Gasteiger partial charge >= 0.3 is 0 Å². The fraction of sp³-hybridized carbons (Fsp3) is 0.500. The third-order valence-corrected chi connectivity index (χ3v) is 3.48. The van der Waals surface area contributed by atoms with Gasteiger partial charge in [0.25, 0.3) is 0 Å². The molecule has 98 valence electrons. The molecule has 0 saturated carbocycles. The number of amides is 1. The highest BCUT2D eigenvalue weighted by Gasteiger charge is 2.28. The van der Waals surface area contributed by atoms with Gasteiger partial charge in [0.05, 0.1) is 5.92 Å². The number of rotatable bonds is 4. The molecule has 3 nitrogen and oxygen atoms in total. The Morgan fingerprint density at radius 2 is 2.11 bits per heavy atom. The summed E-state index contributed by atoms with van der Waals surface area (Å²) in [6.07, 6.45) is 0.737. The van der Waals surface area contributed by atoms with Crippen LogP contribution in [-0.4, -0.2) is 25.5 Å². The topological polar surface area (TPSA) is 41.1 Å². The molecule has 1 aliphatic heterocycles. The zero-order chi connectivity index (χ0) is 13.0. The van der Waals surface area contributed by atoms with E-state index >= 15 is 0 Å². The number of halogens is 1. The number of benzene rings is 1. The molecule has 2 atom stereocenters. The van der Waals surface area contributed by atoms with Gasteiger partial charge in [-0.25, -0.2) is 4.39 Å². The molecule has 1 aromatic carbocycles. The van der Waals surface area contributed by atoms with Crippen LogP contribution in [-0.2, 0) is 11.2 Å². The molecular formula is C14H19FN2O. The maximum absolute atomic E-state index is 12.7. The lowest BCUT2D eigenvalue weighted by Crippen LogP contribution is -2.35. The summed E-state index contributed by atoms with van der Waals surface area (Å²) in [7, 11) is 0. The fourth-order valence-corrected chi connectivity index (χ4v) is 2.27. The summed E-state index contributed by atoms with van der Waals surface area (Å²) >= 11 is 0. The molecule has 1 aliphatic rings. The second kappa shape index (κ2) is 5.96. The molecule has 1 amide bonds. The van der Waals surface area contributed by atoms with E-state index in [0.717, 1.165) is 25.1 Å². The predicted molar refractivity (Wildman–Crippen MR) is 68.6 cm³/mol. The molecule has 1 aromatic rings. The monoisotopic (exact) mass is 250 g/mol. The third-order valence-electron chi connectivity index (χ3n) is 3.48. The van der Waals surface area contributed by atoms with Crippen molar-refractivity contribution in [2.24, 2.45) is 11.8 Å². The average molecular weight is 250 g/mol. The minimum atomic E-state index is -0.228. The first kappa shape index (κ1) is 13.0. The predicted octanol–water partition coefficient (Wildman–Crippen LogP) is 1.34. The molecule has 1 fully saturated rings. The van der Waals surface area contributed by atoms with Gasteiger partial charge in [0.2, 0.25) is 5.91 Å². The molecule has 0 spiro atoms. The summed E-state index contributed by atoms with van der Waals surface area (Å²) < 4.78 is 12.7. The van der Waals surface area contributed by atoms with E-state index in [-0.39, 0.29) is 17.6 Å². The summed E-state index contributed by atoms with van der Waals surface area (Å²) in [5.74, 6) is 0.372. The molecule has 4 heteroatoms. The zero-order valence-electron chi connectivity index (χ0n) is 10.6. The number of hydrogen-bond acceptors (Lipinski definition) is 2. The normalized spacial score (nSPS) is 23.0. The molecule has 0 aromatic heterocycles. The van der Waals surface area contributed by atoms with E-state index in [0.29, 0.717) is 12.5 Å². The van der Waals surface area contributed by atoms with Gasteiger partial charge in [-0.3, -0.25) is 4.79 Å². The highest BCUT2D eigenvalue weighted by Crippen LogP contribution is 2.15. The lowest BCUT2D eigenvalue weighted by atomic mass is 9.97. The van der Waals surface area contributed by atoms with Crippen LogP contribution in [0.25, 0.3) is 0 Å². The van der Waals surface area contributed by atoms with Crippen LogP contribution < -0.4 is 10.6 Å². The van der Waals surface area contributed by atoms with E-state index in [1.165, 1.54) is 12.1 Å². The standard InChI is InChI=1S/C14H19FN2O/c1-10-8-16-9-13(10)14(18)17-7-6-11-2-4-12(15)5-3-11/h2-5,10,13,16H,6-9H2,1H3,(H,17,18). The molecule has 0 radical (unpaired) electrons. The number of hydrogen-bond donors (Lipinski definition) is 2. The smallest absolute Gasteiger partial charge is 0.224 e. The molecule has 1 heterocycles. The van der Waals surface area contributed by atoms with E-state index < -0.39 is 0 Å². The van der Waals surface area contributed by atoms with Crippen molar-refractivity contribution in [2.45, 2.75) is 13.3 Å². The van der Waals surface area contributed by atoms with Crippen LogP contribution in [0.15, 0.2) is 24.3 Å². The maximum atomic E-state index is 12.7. The minimum absolute atomic E-state index is 0.0817. The van der Waals surface area contributed by atoms with Crippen LogP contribution in [0.3, 0.4) is 0 Å². The average Bonchev–Trinajstić information content (AvgIpc) is 2.78. The Hall–Kier alpha value is -1.42. The SMILES string of the molecule is CC1CNCC1C(=O)NCCc1ccc(F)cc1. The van der Waals surface area contributed by atoms with Crippen LogP contribution in [0.5, 0.6) is 0 Å². The Bertz CT molecular complexity index is 405. The van der Waals surface area contributed by atoms with Crippen molar-refractivity contribution in [3.63, 3.8) is 0 Å². The van der Waals surface area contributed by atoms with Crippen molar-refractivity contribution >= 4 is 5.91 Å². The van der Waals surface area contributed by atoms with Gasteiger partial charge in [-0.05, 0) is 36.6 Å². The highest BCUT2D eigenvalue weighted by molar-refractivity contribution is 5.79. The van der Waals surface area contributed by atoms with Crippen molar-refractivity contribution in [1.29, 1.82) is 0 Å². The van der Waals surface area contributed by atoms with Gasteiger partial charge < -0.3 is 10.6 Å². The van der Waals surface area contributed by atoms with Gasteiger partial charge in [0.15, 0.2) is 0 Å². The summed E-state index contributed by atoms with van der Waals surface area (Å²) in [5.41, 5.74) is 1.04. The van der Waals surface area contributed by atoms with Crippen LogP contribution in [0, 0.1) is 17.7 Å². The second-order valence-electron chi connectivity index (χ2n) is 4.91. The van der Waals surface area contributed by atoms with E-state index in [9.17, 15) is 9.18 Å². The summed E-state index contributed by atoms with van der Waals surface area (Å²) in [6, 6.07) is 6.39. The Balaban J connectivity index is 1.75. The molecule has 2 unspecified atom stereocenters. The molecule has 2 rings (SSSR count). The molecular weight excluding hydrogens is 231 g/mol. The number of carbonyl (C=O) groups is 1. The van der Waals surface area contributed by atoms with Crippen molar-refractivity contribution < 1.29 is 9.18 Å². The largest absolute Gasteiger partial charge is 0.355 e. The van der Waals surface area contributed by atoms with E-state index in [2.05, 4.69) is 17.6 Å². The fourth-order valence-electron chi connectivity index (χ4n) is 2.27. The first-order valence-electron chi connectivity index (χ1n) is 6.39. The van der Waals surface area contributed by atoms with Crippen LogP contribution in [0.1, 0.15) is 12.5 Å². The van der Waals surface area contributed by atoms with Crippen LogP contribution in [0.2, 0.25) is 0 Å². The van der Waals surface area contributed by atoms with E-state index in [4.69, 9.17) is 0 Å². The summed E-state index contributed by atoms with van der Waals surface area (Å²) in [5, 5.41) is 6.16. The van der Waals surface area contributed by atoms with Gasteiger partial charge in [-0.2, -0.15) is 0 Å². The number of carbonyl (C=O) groups excluding carboxylic acids is 1. The molecule has 0 bridgehead atoms. The lowest BCUT2D eigenvalue weighted by Gasteiger charge is -2.14. The molecule has 2 N–H and O–H groups in total. The van der Waals surface area contributed by atoms with Gasteiger partial charge in [-0.15, -0.1) is 0 Å². The highest BCUT2D eigenvalue weighted by atomic mass is 19.1. The van der Waals surface area contributed by atoms with Crippen molar-refractivity contribution in [2.75, 3.05) is 19.6 Å². The second-order valence-corrected chi connectivity index (χ2v) is 4.91. The number of nitrogens with one attached hydrogen (secondary N) is 2. The van der Waals surface area contributed by atoms with E-state index in [1.54, 1.807) is 12.1 Å². The summed E-state index contributed by atoms with van der Waals surface area (Å²) in [6.45, 7) is 4.37. The quantitative estimate of drug-likeness (QED) is 0.846. The third kappa shape index (κ3) is 3.29. The van der Waals surface area contributed by atoms with Gasteiger partial charge in [-0.1, -0.05) is 19.1 Å². The molecule has 0 aliphatic carbocycles. The first-order valence-corrected chi connectivity index (χ1v) is 6.39. The summed E-state index contributed by atoms with van der Waals surface area (Å²) in [4.78, 5) is 11.9. The van der Waals surface area contributed by atoms with E-state index in [1.807, 2.05) is 0 Å². The van der Waals surface area contributed by atoms with Gasteiger partial charge in [0.1, 0.15) is 5.82 Å². The van der Waals surface area contributed by atoms with Crippen molar-refractivity contribution in [3.8, 4) is 0 Å². The van der Waals surface area contributed by atoms with Gasteiger partial charge in [0, 0.05) is 13.1 Å².